The Morgan fingerprint density at radius 3 is 2.41 bits per heavy atom. The summed E-state index contributed by atoms with van der Waals surface area (Å²) in [6.07, 6.45) is 0.475. The van der Waals surface area contributed by atoms with Crippen LogP contribution in [0.3, 0.4) is 0 Å². The first-order chi connectivity index (χ1) is 16.4. The number of aryl methyl sites for hydroxylation is 1. The number of carbonyl (C=O) groups excluding carboxylic acids is 2. The molecule has 0 heterocycles. The molecule has 0 aliphatic heterocycles. The Bertz CT molecular complexity index is 1140. The van der Waals surface area contributed by atoms with E-state index in [9.17, 15) is 14.0 Å². The van der Waals surface area contributed by atoms with Gasteiger partial charge in [0.15, 0.2) is 0 Å². The first-order valence-electron chi connectivity index (χ1n) is 10.8. The van der Waals surface area contributed by atoms with Gasteiger partial charge in [-0.25, -0.2) is 9.18 Å². The van der Waals surface area contributed by atoms with Gasteiger partial charge >= 0.3 is 6.03 Å². The monoisotopic (exact) mass is 465 g/mol. The Hall–Kier alpha value is -4.07. The van der Waals surface area contributed by atoms with E-state index in [4.69, 9.17) is 9.47 Å². The van der Waals surface area contributed by atoms with Crippen LogP contribution in [0.5, 0.6) is 11.5 Å². The van der Waals surface area contributed by atoms with Crippen LogP contribution in [-0.2, 0) is 0 Å². The number of nitrogens with one attached hydrogen (secondary N) is 2. The quantitative estimate of drug-likeness (QED) is 0.436. The van der Waals surface area contributed by atoms with Crippen molar-refractivity contribution in [2.45, 2.75) is 13.3 Å². The summed E-state index contributed by atoms with van der Waals surface area (Å²) in [5.74, 6) is 0.311. The van der Waals surface area contributed by atoms with Crippen molar-refractivity contribution < 1.29 is 23.5 Å². The minimum Gasteiger partial charge on any atom is -0.497 e. The van der Waals surface area contributed by atoms with E-state index in [0.29, 0.717) is 47.9 Å². The standard InChI is InChI=1S/C26H28FN3O4/c1-18-6-4-7-20(16-18)29-26(32)30(21-10-8-19(27)9-11-21)15-5-14-28-25(31)23-13-12-22(33-2)17-24(23)34-3/h4,6-13,16-17H,5,14-15H2,1-3H3,(H,28,31)(H,29,32). The summed E-state index contributed by atoms with van der Waals surface area (Å²) in [6.45, 7) is 2.57. The number of rotatable bonds is 9. The van der Waals surface area contributed by atoms with Gasteiger partial charge in [-0.2, -0.15) is 0 Å². The number of hydrogen-bond acceptors (Lipinski definition) is 4. The number of hydrogen-bond donors (Lipinski definition) is 2. The Morgan fingerprint density at radius 1 is 0.971 bits per heavy atom. The van der Waals surface area contributed by atoms with Crippen LogP contribution in [-0.4, -0.2) is 39.2 Å². The molecule has 0 fully saturated rings. The summed E-state index contributed by atoms with van der Waals surface area (Å²) in [4.78, 5) is 27.1. The predicted molar refractivity (Wildman–Crippen MR) is 130 cm³/mol. The molecule has 178 valence electrons. The molecule has 0 radical (unpaired) electrons. The highest BCUT2D eigenvalue weighted by Crippen LogP contribution is 2.24. The van der Waals surface area contributed by atoms with Crippen LogP contribution in [0.2, 0.25) is 0 Å². The van der Waals surface area contributed by atoms with Gasteiger partial charge in [0, 0.05) is 30.5 Å². The second kappa shape index (κ2) is 11.7. The second-order valence-corrected chi connectivity index (χ2v) is 7.60. The number of benzene rings is 3. The number of methoxy groups -OCH3 is 2. The highest BCUT2D eigenvalue weighted by atomic mass is 19.1. The molecule has 0 bridgehead atoms. The summed E-state index contributed by atoms with van der Waals surface area (Å²) < 4.78 is 23.9. The fourth-order valence-electron chi connectivity index (χ4n) is 3.40. The molecule has 3 aromatic carbocycles. The molecule has 0 aliphatic carbocycles. The van der Waals surface area contributed by atoms with Gasteiger partial charge in [0.05, 0.1) is 19.8 Å². The number of anilines is 2. The Balaban J connectivity index is 1.64. The summed E-state index contributed by atoms with van der Waals surface area (Å²) >= 11 is 0. The van der Waals surface area contributed by atoms with Gasteiger partial charge in [-0.3, -0.25) is 9.69 Å². The fourth-order valence-corrected chi connectivity index (χ4v) is 3.40. The maximum atomic E-state index is 13.4. The van der Waals surface area contributed by atoms with Crippen molar-refractivity contribution in [1.29, 1.82) is 0 Å². The molecule has 0 spiro atoms. The lowest BCUT2D eigenvalue weighted by Gasteiger charge is -2.23. The van der Waals surface area contributed by atoms with Crippen molar-refractivity contribution in [3.8, 4) is 11.5 Å². The van der Waals surface area contributed by atoms with Crippen molar-refractivity contribution in [3.05, 3.63) is 83.7 Å². The molecule has 0 saturated carbocycles. The van der Waals surface area contributed by atoms with Gasteiger partial charge in [-0.05, 0) is 67.4 Å². The molecule has 8 heteroatoms. The number of nitrogens with zero attached hydrogens (tertiary/aromatic N) is 1. The van der Waals surface area contributed by atoms with Crippen molar-refractivity contribution in [3.63, 3.8) is 0 Å². The normalized spacial score (nSPS) is 10.4. The van der Waals surface area contributed by atoms with Crippen LogP contribution < -0.4 is 25.0 Å². The van der Waals surface area contributed by atoms with Crippen molar-refractivity contribution in [2.24, 2.45) is 0 Å². The fraction of sp³-hybridized carbons (Fsp3) is 0.231. The zero-order chi connectivity index (χ0) is 24.5. The second-order valence-electron chi connectivity index (χ2n) is 7.60. The van der Waals surface area contributed by atoms with Gasteiger partial charge in [-0.1, -0.05) is 12.1 Å². The maximum absolute atomic E-state index is 13.4. The lowest BCUT2D eigenvalue weighted by Crippen LogP contribution is -2.37. The molecule has 0 aromatic heterocycles. The van der Waals surface area contributed by atoms with E-state index in [-0.39, 0.29) is 17.8 Å². The van der Waals surface area contributed by atoms with Crippen LogP contribution in [0.1, 0.15) is 22.3 Å². The van der Waals surface area contributed by atoms with E-state index < -0.39 is 0 Å². The number of urea groups is 1. The maximum Gasteiger partial charge on any atom is 0.326 e. The van der Waals surface area contributed by atoms with Gasteiger partial charge in [0.1, 0.15) is 17.3 Å². The van der Waals surface area contributed by atoms with Crippen LogP contribution in [0.15, 0.2) is 66.7 Å². The molecule has 0 aliphatic rings. The topological polar surface area (TPSA) is 79.9 Å². The lowest BCUT2D eigenvalue weighted by molar-refractivity contribution is 0.0950. The van der Waals surface area contributed by atoms with Crippen LogP contribution >= 0.6 is 0 Å². The Kier molecular flexibility index (Phi) is 8.45. The largest absolute Gasteiger partial charge is 0.497 e. The highest BCUT2D eigenvalue weighted by Gasteiger charge is 2.17. The van der Waals surface area contributed by atoms with Crippen molar-refractivity contribution in [1.82, 2.24) is 5.32 Å². The van der Waals surface area contributed by atoms with Gasteiger partial charge in [-0.15, -0.1) is 0 Å². The third-order valence-corrected chi connectivity index (χ3v) is 5.15. The number of halogens is 1. The van der Waals surface area contributed by atoms with E-state index in [1.54, 1.807) is 36.4 Å². The van der Waals surface area contributed by atoms with E-state index >= 15 is 0 Å². The van der Waals surface area contributed by atoms with Gasteiger partial charge in [0.2, 0.25) is 0 Å². The SMILES string of the molecule is COc1ccc(C(=O)NCCCN(C(=O)Nc2cccc(C)c2)c2ccc(F)cc2)c(OC)c1. The molecule has 3 rings (SSSR count). The third kappa shape index (κ3) is 6.48. The molecule has 0 atom stereocenters. The van der Waals surface area contributed by atoms with E-state index in [1.807, 2.05) is 25.1 Å². The first-order valence-corrected chi connectivity index (χ1v) is 10.8. The third-order valence-electron chi connectivity index (χ3n) is 5.15. The number of amides is 3. The smallest absolute Gasteiger partial charge is 0.326 e. The van der Waals surface area contributed by atoms with Crippen LogP contribution in [0, 0.1) is 12.7 Å². The Labute approximate surface area is 198 Å². The zero-order valence-electron chi connectivity index (χ0n) is 19.4. The minimum absolute atomic E-state index is 0.294. The van der Waals surface area contributed by atoms with E-state index in [2.05, 4.69) is 10.6 Å². The van der Waals surface area contributed by atoms with Crippen LogP contribution in [0.25, 0.3) is 0 Å². The summed E-state index contributed by atoms with van der Waals surface area (Å²) in [5, 5.41) is 5.72. The molecule has 0 saturated heterocycles. The predicted octanol–water partition coefficient (Wildman–Crippen LogP) is 5.01. The molecule has 34 heavy (non-hydrogen) atoms. The van der Waals surface area contributed by atoms with Gasteiger partial charge < -0.3 is 20.1 Å². The first kappa shape index (κ1) is 24.6. The summed E-state index contributed by atoms with van der Waals surface area (Å²) in [6, 6.07) is 17.8. The van der Waals surface area contributed by atoms with E-state index in [0.717, 1.165) is 5.56 Å². The zero-order valence-corrected chi connectivity index (χ0v) is 19.4. The Morgan fingerprint density at radius 2 is 1.74 bits per heavy atom. The summed E-state index contributed by atoms with van der Waals surface area (Å²) in [5.41, 5.74) is 2.62. The molecular weight excluding hydrogens is 437 g/mol. The van der Waals surface area contributed by atoms with Gasteiger partial charge in [0.25, 0.3) is 5.91 Å². The summed E-state index contributed by atoms with van der Waals surface area (Å²) in [7, 11) is 3.02. The molecular formula is C26H28FN3O4. The highest BCUT2D eigenvalue weighted by molar-refractivity contribution is 6.01. The average Bonchev–Trinajstić information content (AvgIpc) is 2.84. The van der Waals surface area contributed by atoms with E-state index in [1.165, 1.54) is 31.3 Å². The minimum atomic E-state index is -0.386. The van der Waals surface area contributed by atoms with Crippen molar-refractivity contribution in [2.75, 3.05) is 37.5 Å². The molecule has 0 unspecified atom stereocenters. The molecule has 3 aromatic rings. The number of ether oxygens (including phenoxy) is 2. The molecule has 7 nitrogen and oxygen atoms in total. The van der Waals surface area contributed by atoms with Crippen molar-refractivity contribution >= 4 is 23.3 Å². The number of carbonyl (C=O) groups is 2. The molecule has 3 amide bonds. The van der Waals surface area contributed by atoms with Crippen LogP contribution in [0.4, 0.5) is 20.6 Å². The molecule has 2 N–H and O–H groups in total. The lowest BCUT2D eigenvalue weighted by atomic mass is 10.1. The average molecular weight is 466 g/mol.